The van der Waals surface area contributed by atoms with E-state index >= 15 is 0 Å². The fraction of sp³-hybridized carbons (Fsp3) is 0.320. The number of aromatic nitrogens is 1. The van der Waals surface area contributed by atoms with Crippen molar-refractivity contribution in [2.24, 2.45) is 34.4 Å². The second-order valence-electron chi connectivity index (χ2n) is 8.66. The molecule has 2 saturated carbocycles. The van der Waals surface area contributed by atoms with Crippen LogP contribution in [0.5, 0.6) is 5.75 Å². The molecule has 2 atom stereocenters. The lowest BCUT2D eigenvalue weighted by Gasteiger charge is -2.27. The van der Waals surface area contributed by atoms with Gasteiger partial charge >= 0.3 is 0 Å². The number of nitrogens with two attached hydrogens (primary N) is 2. The van der Waals surface area contributed by atoms with Gasteiger partial charge in [-0.2, -0.15) is 5.10 Å². The molecular weight excluding hydrogens is 402 g/mol. The number of carbonyl (C=O) groups excluding carboxylic acids is 1. The van der Waals surface area contributed by atoms with E-state index in [1.54, 1.807) is 13.3 Å². The van der Waals surface area contributed by atoms with Gasteiger partial charge < -0.3 is 21.2 Å². The SMILES string of the molecule is COc1cc(N(CC2CC2)c2cccc3ccccc23)cnc1C(=O)C1CC1/C(N)=N/N. The van der Waals surface area contributed by atoms with E-state index in [4.69, 9.17) is 16.3 Å². The number of rotatable bonds is 8. The molecule has 4 N–H and O–H groups in total. The molecule has 7 nitrogen and oxygen atoms in total. The summed E-state index contributed by atoms with van der Waals surface area (Å²) in [6, 6.07) is 16.6. The highest BCUT2D eigenvalue weighted by Crippen LogP contribution is 2.43. The van der Waals surface area contributed by atoms with Gasteiger partial charge in [0.15, 0.2) is 5.78 Å². The third kappa shape index (κ3) is 3.75. The molecule has 0 saturated heterocycles. The predicted octanol–water partition coefficient (Wildman–Crippen LogP) is 3.84. The molecule has 2 aliphatic rings. The second kappa shape index (κ2) is 8.15. The minimum absolute atomic E-state index is 0.0797. The van der Waals surface area contributed by atoms with Crippen LogP contribution in [0.1, 0.15) is 29.8 Å². The number of pyridine rings is 1. The molecule has 1 aromatic heterocycles. The Morgan fingerprint density at radius 3 is 2.72 bits per heavy atom. The number of carbonyl (C=O) groups is 1. The quantitative estimate of drug-likeness (QED) is 0.185. The molecule has 32 heavy (non-hydrogen) atoms. The zero-order valence-electron chi connectivity index (χ0n) is 18.1. The zero-order valence-corrected chi connectivity index (χ0v) is 18.1. The zero-order chi connectivity index (χ0) is 22.2. The molecule has 0 amide bonds. The smallest absolute Gasteiger partial charge is 0.188 e. The van der Waals surface area contributed by atoms with Crippen LogP contribution in [0.2, 0.25) is 0 Å². The number of methoxy groups -OCH3 is 1. The Kier molecular flexibility index (Phi) is 5.17. The first-order chi connectivity index (χ1) is 15.6. The first-order valence-electron chi connectivity index (χ1n) is 11.0. The van der Waals surface area contributed by atoms with Gasteiger partial charge in [-0.05, 0) is 36.6 Å². The Labute approximate surface area is 187 Å². The average molecular weight is 430 g/mol. The van der Waals surface area contributed by atoms with Crippen molar-refractivity contribution in [3.05, 3.63) is 60.4 Å². The maximum absolute atomic E-state index is 13.0. The van der Waals surface area contributed by atoms with Gasteiger partial charge in [0.05, 0.1) is 19.0 Å². The topological polar surface area (TPSA) is 107 Å². The lowest BCUT2D eigenvalue weighted by atomic mass is 10.1. The van der Waals surface area contributed by atoms with Crippen molar-refractivity contribution in [3.63, 3.8) is 0 Å². The number of fused-ring (bicyclic) bond motifs is 1. The third-order valence-corrected chi connectivity index (χ3v) is 6.45. The molecule has 5 rings (SSSR count). The summed E-state index contributed by atoms with van der Waals surface area (Å²) in [5.74, 6) is 6.28. The number of hydrogen-bond donors (Lipinski definition) is 2. The summed E-state index contributed by atoms with van der Waals surface area (Å²) in [6.45, 7) is 0.903. The van der Waals surface area contributed by atoms with Crippen LogP contribution in [0.25, 0.3) is 10.8 Å². The normalized spacial score (nSPS) is 20.2. The van der Waals surface area contributed by atoms with Gasteiger partial charge in [-0.15, -0.1) is 0 Å². The largest absolute Gasteiger partial charge is 0.494 e. The van der Waals surface area contributed by atoms with Gasteiger partial charge in [0.25, 0.3) is 0 Å². The lowest BCUT2D eigenvalue weighted by Crippen LogP contribution is -2.22. The number of ether oxygens (including phenoxy) is 1. The molecule has 0 radical (unpaired) electrons. The number of hydrazone groups is 1. The summed E-state index contributed by atoms with van der Waals surface area (Å²) in [7, 11) is 1.57. The van der Waals surface area contributed by atoms with Crippen LogP contribution in [-0.4, -0.2) is 30.3 Å². The highest BCUT2D eigenvalue weighted by atomic mass is 16.5. The Morgan fingerprint density at radius 1 is 1.19 bits per heavy atom. The van der Waals surface area contributed by atoms with Crippen molar-refractivity contribution in [2.45, 2.75) is 19.3 Å². The van der Waals surface area contributed by atoms with Gasteiger partial charge in [0.1, 0.15) is 17.3 Å². The van der Waals surface area contributed by atoms with Gasteiger partial charge in [-0.1, -0.05) is 36.4 Å². The van der Waals surface area contributed by atoms with Gasteiger partial charge in [-0.25, -0.2) is 4.98 Å². The maximum atomic E-state index is 13.0. The molecule has 7 heteroatoms. The van der Waals surface area contributed by atoms with Crippen LogP contribution < -0.4 is 21.2 Å². The first-order valence-corrected chi connectivity index (χ1v) is 11.0. The molecule has 2 aliphatic carbocycles. The first kappa shape index (κ1) is 20.3. The highest BCUT2D eigenvalue weighted by Gasteiger charge is 2.47. The Hall–Kier alpha value is -3.61. The molecule has 0 bridgehead atoms. The van der Waals surface area contributed by atoms with Gasteiger partial charge in [0, 0.05) is 35.5 Å². The summed E-state index contributed by atoms with van der Waals surface area (Å²) >= 11 is 0. The summed E-state index contributed by atoms with van der Waals surface area (Å²) in [6.07, 6.45) is 4.88. The van der Waals surface area contributed by atoms with Crippen LogP contribution in [0.3, 0.4) is 0 Å². The number of hydrogen-bond acceptors (Lipinski definition) is 6. The Morgan fingerprint density at radius 2 is 1.97 bits per heavy atom. The number of ketones is 1. The molecule has 1 heterocycles. The van der Waals surface area contributed by atoms with Crippen molar-refractivity contribution in [3.8, 4) is 5.75 Å². The fourth-order valence-electron chi connectivity index (χ4n) is 4.35. The van der Waals surface area contributed by atoms with Crippen LogP contribution in [-0.2, 0) is 0 Å². The van der Waals surface area contributed by atoms with E-state index in [1.807, 2.05) is 6.07 Å². The van der Waals surface area contributed by atoms with Crippen LogP contribution in [0.4, 0.5) is 11.4 Å². The van der Waals surface area contributed by atoms with E-state index in [-0.39, 0.29) is 17.6 Å². The average Bonchev–Trinajstić information content (AvgIpc) is 3.76. The highest BCUT2D eigenvalue weighted by molar-refractivity contribution is 6.05. The molecule has 0 spiro atoms. The number of nitrogens with zero attached hydrogens (tertiary/aromatic N) is 3. The summed E-state index contributed by atoms with van der Waals surface area (Å²) in [5, 5.41) is 5.91. The summed E-state index contributed by atoms with van der Waals surface area (Å²) in [4.78, 5) is 19.9. The second-order valence-corrected chi connectivity index (χ2v) is 8.66. The van der Waals surface area contributed by atoms with E-state index in [0.717, 1.165) is 17.9 Å². The molecule has 164 valence electrons. The predicted molar refractivity (Wildman–Crippen MR) is 126 cm³/mol. The number of benzene rings is 2. The molecule has 3 aromatic rings. The van der Waals surface area contributed by atoms with E-state index in [2.05, 4.69) is 57.4 Å². The number of amidine groups is 1. The number of anilines is 2. The van der Waals surface area contributed by atoms with Crippen LogP contribution in [0, 0.1) is 17.8 Å². The minimum Gasteiger partial charge on any atom is -0.494 e. The van der Waals surface area contributed by atoms with Gasteiger partial charge in [0.2, 0.25) is 0 Å². The molecule has 2 unspecified atom stereocenters. The van der Waals surface area contributed by atoms with Crippen molar-refractivity contribution in [2.75, 3.05) is 18.6 Å². The molecular formula is C25H27N5O2. The van der Waals surface area contributed by atoms with E-state index < -0.39 is 0 Å². The Balaban J connectivity index is 1.51. The standard InChI is InChI=1S/C25H27N5O2/c1-32-22-11-17(13-28-23(22)24(31)19-12-20(19)25(26)29-27)30(14-15-9-10-15)21-8-4-6-16-5-2-3-7-18(16)21/h2-8,11,13,15,19-20H,9-10,12,14,27H2,1H3,(H2,26,29). The lowest BCUT2D eigenvalue weighted by molar-refractivity contribution is 0.0956. The van der Waals surface area contributed by atoms with Crippen molar-refractivity contribution >= 4 is 33.8 Å². The van der Waals surface area contributed by atoms with Crippen LogP contribution in [0.15, 0.2) is 59.8 Å². The molecule has 0 aliphatic heterocycles. The maximum Gasteiger partial charge on any atom is 0.188 e. The van der Waals surface area contributed by atoms with Crippen molar-refractivity contribution < 1.29 is 9.53 Å². The number of Topliss-reactive ketones (excluding diaryl/α,β-unsaturated/α-hetero) is 1. The van der Waals surface area contributed by atoms with Crippen LogP contribution >= 0.6 is 0 Å². The van der Waals surface area contributed by atoms with Crippen molar-refractivity contribution in [1.82, 2.24) is 4.98 Å². The third-order valence-electron chi connectivity index (χ3n) is 6.45. The minimum atomic E-state index is -0.241. The van der Waals surface area contributed by atoms with E-state index in [9.17, 15) is 4.79 Å². The van der Waals surface area contributed by atoms with Gasteiger partial charge in [-0.3, -0.25) is 4.79 Å². The molecule has 2 fully saturated rings. The Bertz CT molecular complexity index is 1200. The monoisotopic (exact) mass is 429 g/mol. The summed E-state index contributed by atoms with van der Waals surface area (Å²) in [5.41, 5.74) is 8.17. The van der Waals surface area contributed by atoms with Crippen molar-refractivity contribution in [1.29, 1.82) is 0 Å². The van der Waals surface area contributed by atoms with E-state index in [1.165, 1.54) is 23.6 Å². The molecule has 2 aromatic carbocycles. The summed E-state index contributed by atoms with van der Waals surface area (Å²) < 4.78 is 5.61. The van der Waals surface area contributed by atoms with E-state index in [0.29, 0.717) is 29.6 Å². The fourth-order valence-corrected chi connectivity index (χ4v) is 4.35.